The van der Waals surface area contributed by atoms with E-state index < -0.39 is 0 Å². The minimum absolute atomic E-state index is 0.00423. The maximum atomic E-state index is 2.39. The summed E-state index contributed by atoms with van der Waals surface area (Å²) < 4.78 is 2.34. The van der Waals surface area contributed by atoms with Crippen LogP contribution in [0.25, 0.3) is 0 Å². The molecule has 0 unspecified atom stereocenters. The van der Waals surface area contributed by atoms with Gasteiger partial charge >= 0.3 is 0 Å². The average molecular weight is 504 g/mol. The molecule has 0 radical (unpaired) electrons. The van der Waals surface area contributed by atoms with Gasteiger partial charge in [0.2, 0.25) is 5.69 Å². The van der Waals surface area contributed by atoms with Gasteiger partial charge < -0.3 is 4.90 Å². The van der Waals surface area contributed by atoms with Crippen LogP contribution < -0.4 is 4.90 Å². The van der Waals surface area contributed by atoms with E-state index in [4.69, 9.17) is 0 Å². The number of allylic oxidation sites excluding steroid dienone is 10. The van der Waals surface area contributed by atoms with Gasteiger partial charge in [-0.3, -0.25) is 0 Å². The standard InChI is InChI=1S/C36H43N2/c1-34(2)24-26(15-13-21-32-35(3,4)28-17-9-11-19-30(28)37(32)7)23-27(25-34)16-14-22-33-36(5,6)29-18-10-12-20-31(29)38(33)8/h9-23H,24-25H2,1-8H3/q+1. The predicted octanol–water partition coefficient (Wildman–Crippen LogP) is 8.79. The third-order valence-corrected chi connectivity index (χ3v) is 8.75. The highest BCUT2D eigenvalue weighted by atomic mass is 15.2. The van der Waals surface area contributed by atoms with E-state index in [9.17, 15) is 0 Å². The first kappa shape index (κ1) is 26.2. The van der Waals surface area contributed by atoms with Crippen LogP contribution in [-0.2, 0) is 10.8 Å². The zero-order valence-electron chi connectivity index (χ0n) is 24.5. The lowest BCUT2D eigenvalue weighted by Crippen LogP contribution is -2.26. The highest BCUT2D eigenvalue weighted by Crippen LogP contribution is 2.47. The largest absolute Gasteiger partial charge is 0.347 e. The van der Waals surface area contributed by atoms with Crippen molar-refractivity contribution < 1.29 is 4.58 Å². The van der Waals surface area contributed by atoms with Crippen LogP contribution in [0.5, 0.6) is 0 Å². The number of para-hydroxylation sites is 2. The van der Waals surface area contributed by atoms with Gasteiger partial charge in [0.15, 0.2) is 5.71 Å². The summed E-state index contributed by atoms with van der Waals surface area (Å²) in [6, 6.07) is 17.5. The fraction of sp³-hybridized carbons (Fsp3) is 0.361. The van der Waals surface area contributed by atoms with Crippen molar-refractivity contribution in [3.05, 3.63) is 119 Å². The summed E-state index contributed by atoms with van der Waals surface area (Å²) in [7, 11) is 4.37. The molecule has 38 heavy (non-hydrogen) atoms. The minimum atomic E-state index is 0.00423. The lowest BCUT2D eigenvalue weighted by Gasteiger charge is -2.30. The number of hydrogen-bond acceptors (Lipinski definition) is 1. The van der Waals surface area contributed by atoms with E-state index >= 15 is 0 Å². The van der Waals surface area contributed by atoms with Crippen LogP contribution in [0.15, 0.2) is 108 Å². The Morgan fingerprint density at radius 1 is 0.763 bits per heavy atom. The molecule has 2 nitrogen and oxygen atoms in total. The molecule has 0 fully saturated rings. The van der Waals surface area contributed by atoms with Crippen molar-refractivity contribution in [2.75, 3.05) is 19.0 Å². The summed E-state index contributed by atoms with van der Waals surface area (Å²) >= 11 is 0. The number of nitrogens with zero attached hydrogens (tertiary/aromatic N) is 2. The number of rotatable bonds is 4. The first-order valence-corrected chi connectivity index (χ1v) is 13.9. The van der Waals surface area contributed by atoms with E-state index in [0.29, 0.717) is 0 Å². The summed E-state index contributed by atoms with van der Waals surface area (Å²) in [5, 5.41) is 0. The molecule has 0 atom stereocenters. The molecule has 2 aromatic carbocycles. The normalized spacial score (nSPS) is 23.6. The molecule has 2 aliphatic heterocycles. The topological polar surface area (TPSA) is 6.25 Å². The van der Waals surface area contributed by atoms with Crippen LogP contribution in [0.3, 0.4) is 0 Å². The van der Waals surface area contributed by atoms with E-state index in [1.54, 1.807) is 0 Å². The lowest BCUT2D eigenvalue weighted by molar-refractivity contribution is -0.401. The van der Waals surface area contributed by atoms with Gasteiger partial charge in [-0.1, -0.05) is 94.5 Å². The molecular weight excluding hydrogens is 460 g/mol. The van der Waals surface area contributed by atoms with Crippen molar-refractivity contribution >= 4 is 17.1 Å². The molecule has 0 spiro atoms. The summed E-state index contributed by atoms with van der Waals surface area (Å²) in [6.07, 6.45) is 18.3. The second kappa shape index (κ2) is 9.42. The van der Waals surface area contributed by atoms with Crippen LogP contribution in [-0.4, -0.2) is 24.4 Å². The van der Waals surface area contributed by atoms with Crippen molar-refractivity contribution in [3.8, 4) is 0 Å². The average Bonchev–Trinajstić information content (AvgIpc) is 3.17. The number of hydrogen-bond donors (Lipinski definition) is 0. The molecule has 2 heteroatoms. The zero-order chi connectivity index (χ0) is 27.3. The molecule has 3 aliphatic rings. The third kappa shape index (κ3) is 4.55. The monoisotopic (exact) mass is 503 g/mol. The Morgan fingerprint density at radius 3 is 2.13 bits per heavy atom. The molecular formula is C36H43N2+. The minimum Gasteiger partial charge on any atom is -0.347 e. The van der Waals surface area contributed by atoms with E-state index in [0.717, 1.165) is 12.8 Å². The molecule has 2 heterocycles. The number of fused-ring (bicyclic) bond motifs is 2. The van der Waals surface area contributed by atoms with Crippen LogP contribution in [0.1, 0.15) is 65.5 Å². The maximum absolute atomic E-state index is 2.39. The number of benzene rings is 2. The van der Waals surface area contributed by atoms with Crippen molar-refractivity contribution in [1.29, 1.82) is 0 Å². The Morgan fingerprint density at radius 2 is 1.42 bits per heavy atom. The molecule has 196 valence electrons. The summed E-state index contributed by atoms with van der Waals surface area (Å²) in [4.78, 5) is 2.34. The maximum Gasteiger partial charge on any atom is 0.209 e. The molecule has 0 saturated heterocycles. The van der Waals surface area contributed by atoms with Gasteiger partial charge in [-0.15, -0.1) is 0 Å². The fourth-order valence-corrected chi connectivity index (χ4v) is 6.85. The van der Waals surface area contributed by atoms with Crippen molar-refractivity contribution in [3.63, 3.8) is 0 Å². The molecule has 5 rings (SSSR count). The fourth-order valence-electron chi connectivity index (χ4n) is 6.85. The van der Waals surface area contributed by atoms with Gasteiger partial charge in [-0.25, -0.2) is 0 Å². The Kier molecular flexibility index (Phi) is 6.50. The smallest absolute Gasteiger partial charge is 0.209 e. The Labute approximate surface area is 230 Å². The van der Waals surface area contributed by atoms with Crippen LogP contribution in [0.4, 0.5) is 11.4 Å². The highest BCUT2D eigenvalue weighted by Gasteiger charge is 2.42. The first-order valence-electron chi connectivity index (χ1n) is 13.9. The van der Waals surface area contributed by atoms with Crippen molar-refractivity contribution in [1.82, 2.24) is 0 Å². The molecule has 0 bridgehead atoms. The van der Waals surface area contributed by atoms with E-state index in [1.165, 1.54) is 45.1 Å². The van der Waals surface area contributed by atoms with Gasteiger partial charge in [0.05, 0.1) is 5.41 Å². The van der Waals surface area contributed by atoms with Crippen molar-refractivity contribution in [2.24, 2.45) is 5.41 Å². The predicted molar refractivity (Wildman–Crippen MR) is 164 cm³/mol. The zero-order valence-corrected chi connectivity index (χ0v) is 24.5. The van der Waals surface area contributed by atoms with Crippen LogP contribution >= 0.6 is 0 Å². The van der Waals surface area contributed by atoms with Gasteiger partial charge in [0.25, 0.3) is 0 Å². The lowest BCUT2D eigenvalue weighted by atomic mass is 9.75. The van der Waals surface area contributed by atoms with Gasteiger partial charge in [-0.2, -0.15) is 4.58 Å². The molecule has 1 aliphatic carbocycles. The summed E-state index contributed by atoms with van der Waals surface area (Å²) in [6.45, 7) is 14.1. The van der Waals surface area contributed by atoms with Crippen LogP contribution in [0, 0.1) is 5.41 Å². The quantitative estimate of drug-likeness (QED) is 0.378. The molecule has 0 amide bonds. The number of likely N-dealkylation sites (N-methyl/N-ethyl adjacent to an activating group) is 1. The third-order valence-electron chi connectivity index (χ3n) is 8.75. The second-order valence-corrected chi connectivity index (χ2v) is 13.0. The SMILES string of the molecule is CN1/C(=C/C=C/C2=CC(=C/C=C/C3=[N+](C)c4ccccc4C3(C)C)/CC(C)(C)C2)C(C)(C)c2ccccc21. The highest BCUT2D eigenvalue weighted by molar-refractivity contribution is 6.03. The van der Waals surface area contributed by atoms with Gasteiger partial charge in [0, 0.05) is 41.6 Å². The summed E-state index contributed by atoms with van der Waals surface area (Å²) in [5.74, 6) is 0. The second-order valence-electron chi connectivity index (χ2n) is 13.0. The van der Waals surface area contributed by atoms with Gasteiger partial charge in [-0.05, 0) is 61.0 Å². The van der Waals surface area contributed by atoms with E-state index in [2.05, 4.69) is 156 Å². The Balaban J connectivity index is 1.38. The Hall–Kier alpha value is -3.39. The molecule has 0 N–H and O–H groups in total. The Bertz CT molecular complexity index is 1450. The number of anilines is 1. The summed E-state index contributed by atoms with van der Waals surface area (Å²) in [5.41, 5.74) is 11.1. The first-order chi connectivity index (χ1) is 17.9. The van der Waals surface area contributed by atoms with Crippen LogP contribution in [0.2, 0.25) is 0 Å². The molecule has 2 aromatic rings. The van der Waals surface area contributed by atoms with Gasteiger partial charge in [0.1, 0.15) is 7.05 Å². The van der Waals surface area contributed by atoms with E-state index in [1.807, 2.05) is 0 Å². The molecule has 0 saturated carbocycles. The van der Waals surface area contributed by atoms with E-state index in [-0.39, 0.29) is 16.2 Å². The van der Waals surface area contributed by atoms with Crippen molar-refractivity contribution in [2.45, 2.75) is 65.2 Å². The molecule has 0 aromatic heterocycles.